The average molecular weight is 299 g/mol. The maximum Gasteiger partial charge on any atom is 0.186 e. The largest absolute Gasteiger partial charge is 0.394 e. The minimum atomic E-state index is -0.264. The van der Waals surface area contributed by atoms with Crippen LogP contribution in [0.1, 0.15) is 23.3 Å². The number of aliphatic hydroxyl groups is 1. The molecular weight excluding hydrogens is 282 g/mol. The summed E-state index contributed by atoms with van der Waals surface area (Å²) in [5.41, 5.74) is 1.10. The molecule has 1 aliphatic heterocycles. The smallest absolute Gasteiger partial charge is 0.186 e. The van der Waals surface area contributed by atoms with Crippen LogP contribution in [0.15, 0.2) is 36.5 Å². The van der Waals surface area contributed by atoms with Crippen LogP contribution in [0.5, 0.6) is 0 Å². The highest BCUT2D eigenvalue weighted by molar-refractivity contribution is 7.15. The molecule has 0 unspecified atom stereocenters. The monoisotopic (exact) mass is 299 g/mol. The van der Waals surface area contributed by atoms with Crippen molar-refractivity contribution in [2.45, 2.75) is 31.3 Å². The minimum absolute atomic E-state index is 0.0266. The molecule has 1 fully saturated rings. The fourth-order valence-corrected chi connectivity index (χ4v) is 3.87. The van der Waals surface area contributed by atoms with Gasteiger partial charge in [-0.15, -0.1) is 11.3 Å². The van der Waals surface area contributed by atoms with E-state index < -0.39 is 0 Å². The van der Waals surface area contributed by atoms with Gasteiger partial charge in [0.1, 0.15) is 6.04 Å². The molecule has 3 rings (SSSR count). The van der Waals surface area contributed by atoms with Crippen molar-refractivity contribution in [2.75, 3.05) is 11.5 Å². The lowest BCUT2D eigenvalue weighted by molar-refractivity contribution is 0.187. The van der Waals surface area contributed by atoms with Gasteiger partial charge in [0.2, 0.25) is 0 Å². The fourth-order valence-electron chi connectivity index (χ4n) is 2.93. The van der Waals surface area contributed by atoms with E-state index in [1.807, 2.05) is 41.4 Å². The number of hydrogen-bond acceptors (Lipinski definition) is 5. The van der Waals surface area contributed by atoms with Gasteiger partial charge in [-0.2, -0.15) is 5.26 Å². The second-order valence-corrected chi connectivity index (χ2v) is 6.22. The molecule has 2 heterocycles. The van der Waals surface area contributed by atoms with Crippen molar-refractivity contribution >= 4 is 16.5 Å². The molecule has 108 valence electrons. The van der Waals surface area contributed by atoms with Crippen LogP contribution in [-0.2, 0) is 6.42 Å². The normalized spacial score (nSPS) is 24.4. The predicted molar refractivity (Wildman–Crippen MR) is 83.4 cm³/mol. The van der Waals surface area contributed by atoms with Gasteiger partial charge in [-0.1, -0.05) is 37.3 Å². The summed E-state index contributed by atoms with van der Waals surface area (Å²) in [7, 11) is 0. The first-order valence-corrected chi connectivity index (χ1v) is 7.90. The van der Waals surface area contributed by atoms with Crippen molar-refractivity contribution in [3.8, 4) is 6.07 Å². The van der Waals surface area contributed by atoms with E-state index in [0.29, 0.717) is 0 Å². The molecule has 0 bridgehead atoms. The summed E-state index contributed by atoms with van der Waals surface area (Å²) in [5, 5.41) is 20.1. The van der Waals surface area contributed by atoms with E-state index in [0.717, 1.165) is 17.1 Å². The molecule has 1 saturated heterocycles. The Balaban J connectivity index is 1.91. The Morgan fingerprint density at radius 2 is 2.14 bits per heavy atom. The van der Waals surface area contributed by atoms with E-state index in [4.69, 9.17) is 0 Å². The minimum Gasteiger partial charge on any atom is -0.394 e. The van der Waals surface area contributed by atoms with Crippen molar-refractivity contribution < 1.29 is 5.11 Å². The van der Waals surface area contributed by atoms with E-state index in [1.165, 1.54) is 4.88 Å². The van der Waals surface area contributed by atoms with Crippen LogP contribution in [0, 0.1) is 11.3 Å². The van der Waals surface area contributed by atoms with E-state index in [-0.39, 0.29) is 24.6 Å². The van der Waals surface area contributed by atoms with Crippen molar-refractivity contribution in [1.82, 2.24) is 4.98 Å². The maximum absolute atomic E-state index is 9.75. The Morgan fingerprint density at radius 1 is 1.38 bits per heavy atom. The fraction of sp³-hybridized carbons (Fsp3) is 0.375. The van der Waals surface area contributed by atoms with Gasteiger partial charge in [0.15, 0.2) is 5.13 Å². The predicted octanol–water partition coefficient (Wildman–Crippen LogP) is 2.56. The summed E-state index contributed by atoms with van der Waals surface area (Å²) in [4.78, 5) is 7.57. The number of hydrogen-bond donors (Lipinski definition) is 1. The molecule has 2 aromatic rings. The van der Waals surface area contributed by atoms with Crippen LogP contribution in [0.4, 0.5) is 5.13 Å². The van der Waals surface area contributed by atoms with E-state index in [2.05, 4.69) is 18.0 Å². The third-order valence-corrected chi connectivity index (χ3v) is 5.18. The van der Waals surface area contributed by atoms with E-state index in [9.17, 15) is 10.4 Å². The highest BCUT2D eigenvalue weighted by Gasteiger charge is 2.50. The van der Waals surface area contributed by atoms with Crippen molar-refractivity contribution in [1.29, 1.82) is 5.26 Å². The Bertz CT molecular complexity index is 649. The number of aryl methyl sites for hydroxylation is 1. The van der Waals surface area contributed by atoms with E-state index in [1.54, 1.807) is 11.3 Å². The summed E-state index contributed by atoms with van der Waals surface area (Å²) in [6.07, 6.45) is 2.80. The van der Waals surface area contributed by atoms with Gasteiger partial charge in [-0.3, -0.25) is 0 Å². The Labute approximate surface area is 128 Å². The van der Waals surface area contributed by atoms with Crippen LogP contribution in [0.25, 0.3) is 0 Å². The summed E-state index contributed by atoms with van der Waals surface area (Å²) in [6.45, 7) is 2.12. The molecule has 1 aromatic carbocycles. The molecule has 4 nitrogen and oxygen atoms in total. The highest BCUT2D eigenvalue weighted by atomic mass is 32.1. The maximum atomic E-state index is 9.75. The van der Waals surface area contributed by atoms with Gasteiger partial charge < -0.3 is 10.0 Å². The Morgan fingerprint density at radius 3 is 2.71 bits per heavy atom. The molecule has 21 heavy (non-hydrogen) atoms. The zero-order valence-electron chi connectivity index (χ0n) is 11.8. The second-order valence-electron chi connectivity index (χ2n) is 5.13. The molecule has 1 aromatic heterocycles. The van der Waals surface area contributed by atoms with Gasteiger partial charge in [-0.05, 0) is 12.0 Å². The molecule has 5 heteroatoms. The zero-order chi connectivity index (χ0) is 14.8. The SMILES string of the molecule is CCc1cnc(N2[C@H](C#N)[C@H](c3ccccc3)[C@H]2CO)s1. The van der Waals surface area contributed by atoms with Gasteiger partial charge in [-0.25, -0.2) is 4.98 Å². The number of rotatable bonds is 4. The standard InChI is InChI=1S/C16H17N3OS/c1-2-12-9-18-16(21-12)19-13(8-17)15(14(19)10-20)11-6-4-3-5-7-11/h3-7,9,13-15,20H,2,10H2,1H3/t13-,14-,15+/m1/s1. The van der Waals surface area contributed by atoms with Crippen LogP contribution < -0.4 is 4.90 Å². The third-order valence-electron chi connectivity index (χ3n) is 4.03. The number of benzene rings is 1. The highest BCUT2D eigenvalue weighted by Crippen LogP contribution is 2.44. The number of thiazole rings is 1. The number of nitriles is 1. The topological polar surface area (TPSA) is 60.2 Å². The first kappa shape index (κ1) is 14.1. The third kappa shape index (κ3) is 2.31. The molecule has 1 N–H and O–H groups in total. The molecule has 0 amide bonds. The quantitative estimate of drug-likeness (QED) is 0.942. The summed E-state index contributed by atoms with van der Waals surface area (Å²) in [5.74, 6) is 0.0372. The molecular formula is C16H17N3OS. The van der Waals surface area contributed by atoms with Crippen molar-refractivity contribution in [2.24, 2.45) is 0 Å². The lowest BCUT2D eigenvalue weighted by Crippen LogP contribution is -2.63. The van der Waals surface area contributed by atoms with Crippen LogP contribution in [0.3, 0.4) is 0 Å². The summed E-state index contributed by atoms with van der Waals surface area (Å²) < 4.78 is 0. The van der Waals surface area contributed by atoms with Gasteiger partial charge in [0.25, 0.3) is 0 Å². The van der Waals surface area contributed by atoms with Crippen LogP contribution in [0.2, 0.25) is 0 Å². The van der Waals surface area contributed by atoms with Crippen LogP contribution in [-0.4, -0.2) is 28.8 Å². The molecule has 0 radical (unpaired) electrons. The lowest BCUT2D eigenvalue weighted by Gasteiger charge is -2.51. The number of aromatic nitrogens is 1. The first-order chi connectivity index (χ1) is 10.3. The van der Waals surface area contributed by atoms with Crippen LogP contribution >= 0.6 is 11.3 Å². The first-order valence-electron chi connectivity index (χ1n) is 7.08. The average Bonchev–Trinajstić information content (AvgIpc) is 2.96. The summed E-state index contributed by atoms with van der Waals surface area (Å²) in [6, 6.07) is 12.0. The zero-order valence-corrected chi connectivity index (χ0v) is 12.6. The van der Waals surface area contributed by atoms with E-state index >= 15 is 0 Å². The van der Waals surface area contributed by atoms with Crippen molar-refractivity contribution in [3.63, 3.8) is 0 Å². The number of aliphatic hydroxyl groups excluding tert-OH is 1. The Hall–Kier alpha value is -1.90. The summed E-state index contributed by atoms with van der Waals surface area (Å²) >= 11 is 1.60. The molecule has 0 aliphatic carbocycles. The Kier molecular flexibility index (Phi) is 3.91. The number of nitrogens with zero attached hydrogens (tertiary/aromatic N) is 3. The van der Waals surface area contributed by atoms with Gasteiger partial charge >= 0.3 is 0 Å². The molecule has 1 aliphatic rings. The second kappa shape index (κ2) is 5.84. The van der Waals surface area contributed by atoms with Gasteiger partial charge in [0, 0.05) is 17.0 Å². The van der Waals surface area contributed by atoms with Crippen molar-refractivity contribution in [3.05, 3.63) is 47.0 Å². The lowest BCUT2D eigenvalue weighted by atomic mass is 9.76. The number of anilines is 1. The molecule has 0 saturated carbocycles. The molecule has 3 atom stereocenters. The van der Waals surface area contributed by atoms with Gasteiger partial charge in [0.05, 0.1) is 18.7 Å². The molecule has 0 spiro atoms.